The molecule has 0 aliphatic rings. The van der Waals surface area contributed by atoms with Crippen molar-refractivity contribution in [2.45, 2.75) is 341 Å². The molecule has 0 spiro atoms. The van der Waals surface area contributed by atoms with Crippen molar-refractivity contribution in [1.82, 2.24) is 0 Å². The van der Waals surface area contributed by atoms with E-state index in [-0.39, 0.29) is 0 Å². The second kappa shape index (κ2) is 31.3. The molecule has 0 amide bonds. The van der Waals surface area contributed by atoms with Crippen LogP contribution >= 0.6 is 0 Å². The van der Waals surface area contributed by atoms with E-state index in [1.54, 1.807) is 11.1 Å². The quantitative estimate of drug-likeness (QED) is 0.120. The molecule has 0 aliphatic heterocycles. The molecule has 0 rings (SSSR count). The maximum Gasteiger partial charge on any atom is -0.0167 e. The molecule has 0 heterocycles. The highest BCUT2D eigenvalue weighted by molar-refractivity contribution is 5.13. The van der Waals surface area contributed by atoms with Gasteiger partial charge in [-0.3, -0.25) is 0 Å². The molecule has 0 saturated carbocycles. The fraction of sp³-hybridized carbons (Fsp3) is 0.863. The first-order valence-corrected chi connectivity index (χ1v) is 29.6. The van der Waals surface area contributed by atoms with Gasteiger partial charge >= 0.3 is 0 Å². The molecule has 0 saturated heterocycles. The molecule has 0 aromatic carbocycles. The topological polar surface area (TPSA) is 0 Å². The fourth-order valence-electron chi connectivity index (χ4n) is 14.1. The number of rotatable bonds is 18. The smallest absolute Gasteiger partial charge is 0.0167 e. The summed E-state index contributed by atoms with van der Waals surface area (Å²) in [6.07, 6.45) is 18.1. The number of allylic oxidation sites excluding steroid dienone is 8. The molecule has 0 unspecified atom stereocenters. The Morgan fingerprint density at radius 3 is 0.822 bits per heavy atom. The molecular weight excluding hydrogens is 877 g/mol. The summed E-state index contributed by atoms with van der Waals surface area (Å²) in [6.45, 7) is 98.5. The van der Waals surface area contributed by atoms with E-state index in [4.69, 9.17) is 0 Å². The molecule has 0 nitrogen and oxygen atoms in total. The van der Waals surface area contributed by atoms with E-state index in [1.165, 1.54) is 73.7 Å². The molecule has 0 heteroatoms. The molecule has 0 atom stereocenters. The Morgan fingerprint density at radius 1 is 0.356 bits per heavy atom. The van der Waals surface area contributed by atoms with Gasteiger partial charge in [-0.05, 0) is 190 Å². The van der Waals surface area contributed by atoms with E-state index >= 15 is 0 Å². The lowest BCUT2D eigenvalue weighted by atomic mass is 9.69. The van der Waals surface area contributed by atoms with Crippen LogP contribution in [-0.2, 0) is 0 Å². The summed E-state index contributed by atoms with van der Waals surface area (Å²) < 4.78 is 0. The van der Waals surface area contributed by atoms with Gasteiger partial charge in [-0.2, -0.15) is 0 Å². The second-order valence-electron chi connectivity index (χ2n) is 36.8. The van der Waals surface area contributed by atoms with Gasteiger partial charge in [0.1, 0.15) is 0 Å². The summed E-state index contributed by atoms with van der Waals surface area (Å²) in [5, 5.41) is 0. The van der Waals surface area contributed by atoms with Crippen LogP contribution in [0.15, 0.2) is 58.7 Å². The average Bonchev–Trinajstić information content (AvgIpc) is 2.95. The van der Waals surface area contributed by atoms with Crippen molar-refractivity contribution < 1.29 is 0 Å². The van der Waals surface area contributed by atoms with Crippen LogP contribution in [0, 0.1) is 70.9 Å². The predicted octanol–water partition coefficient (Wildman–Crippen LogP) is 26.7. The molecule has 0 aromatic heterocycles. The van der Waals surface area contributed by atoms with Gasteiger partial charge in [-0.15, -0.1) is 6.58 Å². The Balaban J connectivity index is -0.000000268. The third-order valence-electron chi connectivity index (χ3n) is 12.5. The summed E-state index contributed by atoms with van der Waals surface area (Å²) in [6, 6.07) is 0. The Morgan fingerprint density at radius 2 is 0.603 bits per heavy atom. The Hall–Kier alpha value is -1.30. The van der Waals surface area contributed by atoms with Crippen LogP contribution in [0.25, 0.3) is 0 Å². The number of hydrogen-bond donors (Lipinski definition) is 0. The minimum atomic E-state index is 0.344. The Bertz CT molecular complexity index is 1590. The molecule has 0 aromatic rings. The highest BCUT2D eigenvalue weighted by atomic mass is 14.4. The minimum absolute atomic E-state index is 0.344. The third-order valence-corrected chi connectivity index (χ3v) is 12.5. The van der Waals surface area contributed by atoms with Crippen molar-refractivity contribution in [2.24, 2.45) is 70.9 Å². The first kappa shape index (κ1) is 80.6. The number of hydrogen-bond acceptors (Lipinski definition) is 0. The highest BCUT2D eigenvalue weighted by Crippen LogP contribution is 2.44. The molecule has 0 fully saturated rings. The van der Waals surface area contributed by atoms with Crippen LogP contribution in [0.3, 0.4) is 0 Å². The van der Waals surface area contributed by atoms with Crippen molar-refractivity contribution in [2.75, 3.05) is 0 Å². The van der Waals surface area contributed by atoms with E-state index < -0.39 is 0 Å². The van der Waals surface area contributed by atoms with Crippen molar-refractivity contribution in [3.63, 3.8) is 0 Å². The zero-order valence-electron chi connectivity index (χ0n) is 58.9. The van der Waals surface area contributed by atoms with Crippen LogP contribution < -0.4 is 0 Å². The van der Waals surface area contributed by atoms with E-state index in [9.17, 15) is 0 Å². The van der Waals surface area contributed by atoms with Crippen LogP contribution in [0.4, 0.5) is 0 Å². The standard InChI is InChI=1S/C20H40.C16H32.C13H26.2C12H24/c1-16(12-19(8,9)14-17(2,3)4)13-20(10,11)15-18(5,6)7;1-12(2)14(4)13(3)10-16(8,9)11-15(5,6)7;1-8-11(2)9-13(6,7)10-12(3,4)5;2*1-10(2)8-12(6,7)9-11(3,4)5/h1,12-15H2,2-11H3;12H,10-11H2,1-9H3;8H,9-10H2,1-7H3;8H,9H2,1-7H3;1,8-9H2,2-7H3/b;14-13+;11-8-;;. The van der Waals surface area contributed by atoms with Crippen molar-refractivity contribution >= 4 is 0 Å². The minimum Gasteiger partial charge on any atom is -0.100 e. The van der Waals surface area contributed by atoms with Gasteiger partial charge in [0.25, 0.3) is 0 Å². The van der Waals surface area contributed by atoms with Crippen LogP contribution in [0.1, 0.15) is 341 Å². The Labute approximate surface area is 468 Å². The maximum atomic E-state index is 4.39. The normalized spacial score (nSPS) is 14.3. The molecule has 73 heavy (non-hydrogen) atoms. The van der Waals surface area contributed by atoms with E-state index in [1.807, 2.05) is 0 Å². The zero-order chi connectivity index (χ0) is 60.2. The monoisotopic (exact) mass is 1020 g/mol. The summed E-state index contributed by atoms with van der Waals surface area (Å²) >= 11 is 0. The first-order valence-electron chi connectivity index (χ1n) is 29.6. The fourth-order valence-corrected chi connectivity index (χ4v) is 14.1. The first-order chi connectivity index (χ1) is 31.4. The van der Waals surface area contributed by atoms with Crippen LogP contribution in [0.5, 0.6) is 0 Å². The molecule has 0 radical (unpaired) electrons. The summed E-state index contributed by atoms with van der Waals surface area (Å²) in [4.78, 5) is 0. The van der Waals surface area contributed by atoms with Gasteiger partial charge in [0.15, 0.2) is 0 Å². The second-order valence-corrected chi connectivity index (χ2v) is 36.8. The van der Waals surface area contributed by atoms with Gasteiger partial charge in [0, 0.05) is 0 Å². The lowest BCUT2D eigenvalue weighted by Gasteiger charge is -2.36. The molecule has 0 bridgehead atoms. The molecule has 0 N–H and O–H groups in total. The zero-order valence-corrected chi connectivity index (χ0v) is 58.9. The van der Waals surface area contributed by atoms with Crippen molar-refractivity contribution in [3.05, 3.63) is 58.7 Å². The van der Waals surface area contributed by atoms with Crippen LogP contribution in [-0.4, -0.2) is 0 Å². The summed E-state index contributed by atoms with van der Waals surface area (Å²) in [7, 11) is 0. The molecule has 438 valence electrons. The molecule has 0 aliphatic carbocycles. The predicted molar refractivity (Wildman–Crippen MR) is 346 cm³/mol. The van der Waals surface area contributed by atoms with Gasteiger partial charge in [0.2, 0.25) is 0 Å². The van der Waals surface area contributed by atoms with Crippen molar-refractivity contribution in [3.8, 4) is 0 Å². The summed E-state index contributed by atoms with van der Waals surface area (Å²) in [5.41, 5.74) is 13.6. The van der Waals surface area contributed by atoms with Crippen molar-refractivity contribution in [1.29, 1.82) is 0 Å². The van der Waals surface area contributed by atoms with Crippen LogP contribution in [0.2, 0.25) is 0 Å². The SMILES string of the molecule is C/C(CC(C)(C)CC(C)(C)C)=C(/C)C(C)C.C/C=C(/C)CC(C)(C)CC(C)(C)C.C=C(C)CC(C)(C)CC(C)(C)C.C=C(CC(C)(C)CC(C)(C)C)CC(C)(C)CC(C)(C)C.CC(C)=CC(C)(C)CC(C)(C)C. The maximum absolute atomic E-state index is 4.39. The average molecular weight is 1020 g/mol. The lowest BCUT2D eigenvalue weighted by molar-refractivity contribution is 0.189. The molecular formula is C73H146. The van der Waals surface area contributed by atoms with Gasteiger partial charge < -0.3 is 0 Å². The highest BCUT2D eigenvalue weighted by Gasteiger charge is 2.31. The summed E-state index contributed by atoms with van der Waals surface area (Å²) in [5.74, 6) is 0.686. The Kier molecular flexibility index (Phi) is 34.6. The lowest BCUT2D eigenvalue weighted by Crippen LogP contribution is -2.24. The van der Waals surface area contributed by atoms with Gasteiger partial charge in [0.05, 0.1) is 0 Å². The van der Waals surface area contributed by atoms with Gasteiger partial charge in [-0.25, -0.2) is 0 Å². The largest absolute Gasteiger partial charge is 0.100 e. The van der Waals surface area contributed by atoms with E-state index in [0.717, 1.165) is 19.3 Å². The van der Waals surface area contributed by atoms with E-state index in [2.05, 4.69) is 295 Å². The van der Waals surface area contributed by atoms with E-state index in [0.29, 0.717) is 70.9 Å². The third kappa shape index (κ3) is 59.8. The van der Waals surface area contributed by atoms with Gasteiger partial charge in [-0.1, -0.05) is 274 Å².